The third-order valence-electron chi connectivity index (χ3n) is 3.67. The van der Waals surface area contributed by atoms with Crippen molar-refractivity contribution in [3.63, 3.8) is 0 Å². The van der Waals surface area contributed by atoms with Crippen molar-refractivity contribution in [1.29, 1.82) is 0 Å². The van der Waals surface area contributed by atoms with Gasteiger partial charge in [0.15, 0.2) is 0 Å². The number of aliphatic hydroxyl groups excluding tert-OH is 1. The molecular formula is C18H29NO2. The maximum Gasteiger partial charge on any atom is 0.225 e. The Balaban J connectivity index is 2.53. The number of hydrogen-bond acceptors (Lipinski definition) is 2. The summed E-state index contributed by atoms with van der Waals surface area (Å²) in [5, 5.41) is 13.2. The molecule has 1 aromatic carbocycles. The predicted octanol–water partition coefficient (Wildman–Crippen LogP) is 3.69. The van der Waals surface area contributed by atoms with Gasteiger partial charge in [0.2, 0.25) is 5.91 Å². The molecule has 0 fully saturated rings. The number of carbonyl (C=O) groups excluding carboxylic acids is 1. The molecule has 1 amide bonds. The van der Waals surface area contributed by atoms with Crippen molar-refractivity contribution in [2.24, 2.45) is 11.3 Å². The molecule has 0 aromatic heterocycles. The summed E-state index contributed by atoms with van der Waals surface area (Å²) in [6.07, 6.45) is 0.829. The first-order valence-electron chi connectivity index (χ1n) is 7.76. The number of carbonyl (C=O) groups is 1. The third-order valence-corrected chi connectivity index (χ3v) is 3.67. The Morgan fingerprint density at radius 3 is 2.29 bits per heavy atom. The molecule has 0 aliphatic rings. The predicted molar refractivity (Wildman–Crippen MR) is 86.9 cm³/mol. The molecule has 0 saturated carbocycles. The van der Waals surface area contributed by atoms with Crippen molar-refractivity contribution in [2.75, 3.05) is 0 Å². The molecule has 2 unspecified atom stereocenters. The second kappa shape index (κ2) is 7.60. The van der Waals surface area contributed by atoms with Gasteiger partial charge in [0, 0.05) is 11.5 Å². The summed E-state index contributed by atoms with van der Waals surface area (Å²) >= 11 is 0. The van der Waals surface area contributed by atoms with Crippen LogP contribution in [-0.4, -0.2) is 17.1 Å². The second-order valence-corrected chi connectivity index (χ2v) is 7.02. The molecule has 0 heterocycles. The second-order valence-electron chi connectivity index (χ2n) is 7.02. The Kier molecular flexibility index (Phi) is 6.41. The molecule has 3 nitrogen and oxygen atoms in total. The highest BCUT2D eigenvalue weighted by atomic mass is 16.3. The van der Waals surface area contributed by atoms with E-state index in [4.69, 9.17) is 0 Å². The molecule has 1 aromatic rings. The zero-order chi connectivity index (χ0) is 16.0. The molecule has 0 aliphatic heterocycles. The molecule has 0 spiro atoms. The van der Waals surface area contributed by atoms with Gasteiger partial charge in [-0.25, -0.2) is 0 Å². The Hall–Kier alpha value is -1.35. The normalized spacial score (nSPS) is 14.8. The molecule has 2 N–H and O–H groups in total. The van der Waals surface area contributed by atoms with E-state index in [1.54, 1.807) is 0 Å². The summed E-state index contributed by atoms with van der Waals surface area (Å²) in [7, 11) is 0. The largest absolute Gasteiger partial charge is 0.388 e. The number of hydrogen-bond donors (Lipinski definition) is 2. The van der Waals surface area contributed by atoms with Crippen molar-refractivity contribution in [1.82, 2.24) is 5.32 Å². The fraction of sp³-hybridized carbons (Fsp3) is 0.611. The fourth-order valence-electron chi connectivity index (χ4n) is 2.74. The van der Waals surface area contributed by atoms with E-state index in [9.17, 15) is 9.90 Å². The highest BCUT2D eigenvalue weighted by Crippen LogP contribution is 2.26. The monoisotopic (exact) mass is 291 g/mol. The van der Waals surface area contributed by atoms with Crippen LogP contribution in [0, 0.1) is 11.3 Å². The number of nitrogens with one attached hydrogen (secondary N) is 1. The molecule has 0 aliphatic carbocycles. The molecule has 1 rings (SSSR count). The van der Waals surface area contributed by atoms with E-state index >= 15 is 0 Å². The lowest BCUT2D eigenvalue weighted by atomic mass is 9.83. The maximum absolute atomic E-state index is 12.3. The van der Waals surface area contributed by atoms with Crippen LogP contribution in [0.25, 0.3) is 0 Å². The SMILES string of the molecule is CC(C)CC(C)(C)C(=O)NC(C)CC(O)c1ccccc1. The Bertz CT molecular complexity index is 440. The molecule has 0 radical (unpaired) electrons. The van der Waals surface area contributed by atoms with Gasteiger partial charge in [-0.1, -0.05) is 58.0 Å². The summed E-state index contributed by atoms with van der Waals surface area (Å²) in [5.41, 5.74) is 0.514. The van der Waals surface area contributed by atoms with Crippen LogP contribution in [0.1, 0.15) is 59.1 Å². The molecule has 2 atom stereocenters. The van der Waals surface area contributed by atoms with Gasteiger partial charge in [-0.2, -0.15) is 0 Å². The van der Waals surface area contributed by atoms with Crippen LogP contribution in [0.4, 0.5) is 0 Å². The number of aliphatic hydroxyl groups is 1. The van der Waals surface area contributed by atoms with Gasteiger partial charge >= 0.3 is 0 Å². The zero-order valence-electron chi connectivity index (χ0n) is 13.9. The topological polar surface area (TPSA) is 49.3 Å². The van der Waals surface area contributed by atoms with Crippen LogP contribution in [0.3, 0.4) is 0 Å². The molecule has 3 heteroatoms. The molecule has 118 valence electrons. The summed E-state index contributed by atoms with van der Waals surface area (Å²) in [4.78, 5) is 12.3. The van der Waals surface area contributed by atoms with E-state index in [0.29, 0.717) is 12.3 Å². The number of amides is 1. The minimum Gasteiger partial charge on any atom is -0.388 e. The van der Waals surface area contributed by atoms with E-state index in [1.807, 2.05) is 51.1 Å². The van der Waals surface area contributed by atoms with E-state index in [-0.39, 0.29) is 17.4 Å². The lowest BCUT2D eigenvalue weighted by Gasteiger charge is -2.28. The third kappa shape index (κ3) is 5.88. The van der Waals surface area contributed by atoms with E-state index in [2.05, 4.69) is 19.2 Å². The van der Waals surface area contributed by atoms with Crippen molar-refractivity contribution < 1.29 is 9.90 Å². The van der Waals surface area contributed by atoms with Crippen molar-refractivity contribution in [3.05, 3.63) is 35.9 Å². The first-order chi connectivity index (χ1) is 9.72. The average molecular weight is 291 g/mol. The fourth-order valence-corrected chi connectivity index (χ4v) is 2.74. The summed E-state index contributed by atoms with van der Waals surface area (Å²) in [6.45, 7) is 10.1. The Labute approximate surface area is 128 Å². The molecular weight excluding hydrogens is 262 g/mol. The van der Waals surface area contributed by atoms with Gasteiger partial charge in [0.1, 0.15) is 0 Å². The van der Waals surface area contributed by atoms with Gasteiger partial charge in [-0.3, -0.25) is 4.79 Å². The summed E-state index contributed by atoms with van der Waals surface area (Å²) in [5.74, 6) is 0.542. The molecule has 0 saturated heterocycles. The van der Waals surface area contributed by atoms with Crippen LogP contribution in [0.5, 0.6) is 0 Å². The van der Waals surface area contributed by atoms with Gasteiger partial charge in [0.25, 0.3) is 0 Å². The lowest BCUT2D eigenvalue weighted by Crippen LogP contribution is -2.42. The molecule has 0 bridgehead atoms. The Morgan fingerprint density at radius 2 is 1.76 bits per heavy atom. The Morgan fingerprint density at radius 1 is 1.19 bits per heavy atom. The van der Waals surface area contributed by atoms with Gasteiger partial charge < -0.3 is 10.4 Å². The first-order valence-corrected chi connectivity index (χ1v) is 7.76. The number of rotatable bonds is 7. The quantitative estimate of drug-likeness (QED) is 0.805. The van der Waals surface area contributed by atoms with Gasteiger partial charge in [0.05, 0.1) is 6.10 Å². The van der Waals surface area contributed by atoms with E-state index < -0.39 is 6.10 Å². The summed E-state index contributed by atoms with van der Waals surface area (Å²) < 4.78 is 0. The van der Waals surface area contributed by atoms with Crippen LogP contribution in [0.15, 0.2) is 30.3 Å². The van der Waals surface area contributed by atoms with E-state index in [1.165, 1.54) is 0 Å². The molecule has 21 heavy (non-hydrogen) atoms. The highest BCUT2D eigenvalue weighted by Gasteiger charge is 2.29. The van der Waals surface area contributed by atoms with Crippen LogP contribution in [0.2, 0.25) is 0 Å². The van der Waals surface area contributed by atoms with Crippen molar-refractivity contribution >= 4 is 5.91 Å². The van der Waals surface area contributed by atoms with Gasteiger partial charge in [-0.15, -0.1) is 0 Å². The summed E-state index contributed by atoms with van der Waals surface area (Å²) in [6, 6.07) is 9.50. The standard InChI is InChI=1S/C18H29NO2/c1-13(2)12-18(4,5)17(21)19-14(3)11-16(20)15-9-7-6-8-10-15/h6-10,13-14,16,20H,11-12H2,1-5H3,(H,19,21). The highest BCUT2D eigenvalue weighted by molar-refractivity contribution is 5.82. The number of benzene rings is 1. The smallest absolute Gasteiger partial charge is 0.225 e. The van der Waals surface area contributed by atoms with Gasteiger partial charge in [-0.05, 0) is 31.2 Å². The van der Waals surface area contributed by atoms with Crippen molar-refractivity contribution in [3.8, 4) is 0 Å². The maximum atomic E-state index is 12.3. The average Bonchev–Trinajstić information content (AvgIpc) is 2.37. The zero-order valence-corrected chi connectivity index (χ0v) is 13.9. The van der Waals surface area contributed by atoms with Crippen LogP contribution >= 0.6 is 0 Å². The first kappa shape index (κ1) is 17.7. The van der Waals surface area contributed by atoms with Crippen LogP contribution in [-0.2, 0) is 4.79 Å². The lowest BCUT2D eigenvalue weighted by molar-refractivity contribution is -0.131. The van der Waals surface area contributed by atoms with E-state index in [0.717, 1.165) is 12.0 Å². The minimum atomic E-state index is -0.547. The minimum absolute atomic E-state index is 0.0563. The van der Waals surface area contributed by atoms with Crippen molar-refractivity contribution in [2.45, 2.75) is 59.6 Å². The van der Waals surface area contributed by atoms with Crippen LogP contribution < -0.4 is 5.32 Å².